The number of hydrogen-bond acceptors (Lipinski definition) is 2. The number of aryl methyl sites for hydroxylation is 1. The first-order chi connectivity index (χ1) is 6.42. The summed E-state index contributed by atoms with van der Waals surface area (Å²) in [6.07, 6.45) is -3.18. The topological polar surface area (TPSA) is 22.1 Å². The van der Waals surface area contributed by atoms with Crippen LogP contribution in [0.25, 0.3) is 0 Å². The van der Waals surface area contributed by atoms with E-state index >= 15 is 0 Å². The Balaban J connectivity index is 2.95. The van der Waals surface area contributed by atoms with Crippen molar-refractivity contribution in [1.29, 1.82) is 0 Å². The minimum absolute atomic E-state index is 0.215. The summed E-state index contributed by atoms with van der Waals surface area (Å²) < 4.78 is 39.5. The Hall–Kier alpha value is -0.780. The fourth-order valence-electron chi connectivity index (χ4n) is 0.855. The quantitative estimate of drug-likeness (QED) is 0.770. The third-order valence-corrected chi connectivity index (χ3v) is 2.12. The summed E-state index contributed by atoms with van der Waals surface area (Å²) in [6, 6.07) is 1.31. The van der Waals surface area contributed by atoms with Gasteiger partial charge in [-0.15, -0.1) is 13.2 Å². The molecule has 0 unspecified atom stereocenters. The first-order valence-corrected chi connectivity index (χ1v) is 4.82. The van der Waals surface area contributed by atoms with E-state index < -0.39 is 6.36 Å². The Labute approximate surface area is 87.2 Å². The van der Waals surface area contributed by atoms with Crippen molar-refractivity contribution in [2.75, 3.05) is 0 Å². The van der Waals surface area contributed by atoms with Crippen molar-refractivity contribution in [2.24, 2.45) is 0 Å². The average molecular weight is 270 g/mol. The van der Waals surface area contributed by atoms with Crippen molar-refractivity contribution >= 4 is 15.9 Å². The van der Waals surface area contributed by atoms with Gasteiger partial charge in [-0.25, -0.2) is 0 Å². The second kappa shape index (κ2) is 4.16. The number of pyridine rings is 1. The van der Waals surface area contributed by atoms with E-state index in [1.165, 1.54) is 19.2 Å². The number of rotatable bonds is 2. The van der Waals surface area contributed by atoms with Gasteiger partial charge < -0.3 is 4.74 Å². The van der Waals surface area contributed by atoms with Crippen LogP contribution in [-0.2, 0) is 5.33 Å². The maximum atomic E-state index is 11.9. The molecule has 0 aliphatic rings. The fraction of sp³-hybridized carbons (Fsp3) is 0.375. The highest BCUT2D eigenvalue weighted by Gasteiger charge is 2.32. The zero-order chi connectivity index (χ0) is 10.8. The number of aromatic nitrogens is 1. The van der Waals surface area contributed by atoms with Crippen molar-refractivity contribution in [1.82, 2.24) is 4.98 Å². The second-order valence-corrected chi connectivity index (χ2v) is 3.17. The van der Waals surface area contributed by atoms with E-state index in [0.29, 0.717) is 10.9 Å². The first kappa shape index (κ1) is 11.3. The minimum atomic E-state index is -4.67. The monoisotopic (exact) mass is 269 g/mol. The molecule has 6 heteroatoms. The Kier molecular flexibility index (Phi) is 3.36. The molecule has 14 heavy (non-hydrogen) atoms. The Morgan fingerprint density at radius 3 is 2.64 bits per heavy atom. The van der Waals surface area contributed by atoms with Crippen molar-refractivity contribution < 1.29 is 17.9 Å². The highest BCUT2D eigenvalue weighted by molar-refractivity contribution is 9.08. The molecule has 1 heterocycles. The lowest BCUT2D eigenvalue weighted by atomic mass is 10.2. The largest absolute Gasteiger partial charge is 0.573 e. The summed E-state index contributed by atoms with van der Waals surface area (Å²) >= 11 is 3.12. The lowest BCUT2D eigenvalue weighted by Gasteiger charge is -2.11. The number of nitrogens with zero attached hydrogens (tertiary/aromatic N) is 1. The zero-order valence-electron chi connectivity index (χ0n) is 7.23. The van der Waals surface area contributed by atoms with Crippen LogP contribution < -0.4 is 4.74 Å². The molecule has 0 atom stereocenters. The van der Waals surface area contributed by atoms with Gasteiger partial charge in [-0.05, 0) is 18.6 Å². The molecule has 0 amide bonds. The van der Waals surface area contributed by atoms with Crippen LogP contribution >= 0.6 is 15.9 Å². The molecule has 0 N–H and O–H groups in total. The van der Waals surface area contributed by atoms with Crippen LogP contribution in [-0.4, -0.2) is 11.3 Å². The van der Waals surface area contributed by atoms with Crippen LogP contribution in [0.2, 0.25) is 0 Å². The number of alkyl halides is 4. The lowest BCUT2D eigenvalue weighted by Crippen LogP contribution is -2.18. The predicted molar refractivity (Wildman–Crippen MR) is 48.3 cm³/mol. The lowest BCUT2D eigenvalue weighted by molar-refractivity contribution is -0.275. The predicted octanol–water partition coefficient (Wildman–Crippen LogP) is 3.18. The van der Waals surface area contributed by atoms with Crippen molar-refractivity contribution in [3.8, 4) is 5.75 Å². The van der Waals surface area contributed by atoms with E-state index in [1.807, 2.05) is 0 Å². The van der Waals surface area contributed by atoms with E-state index in [4.69, 9.17) is 0 Å². The Bertz CT molecular complexity index is 327. The van der Waals surface area contributed by atoms with Gasteiger partial charge in [-0.1, -0.05) is 15.9 Å². The van der Waals surface area contributed by atoms with Gasteiger partial charge in [0.25, 0.3) is 0 Å². The molecule has 0 saturated carbocycles. The molecular weight excluding hydrogens is 263 g/mol. The molecule has 0 saturated heterocycles. The van der Waals surface area contributed by atoms with Crippen molar-refractivity contribution in [2.45, 2.75) is 18.6 Å². The summed E-state index contributed by atoms with van der Waals surface area (Å²) in [5.74, 6) is -0.255. The molecule has 2 nitrogen and oxygen atoms in total. The van der Waals surface area contributed by atoms with Gasteiger partial charge in [-0.2, -0.15) is 0 Å². The molecule has 0 radical (unpaired) electrons. The Morgan fingerprint density at radius 2 is 2.14 bits per heavy atom. The third kappa shape index (κ3) is 3.17. The van der Waals surface area contributed by atoms with Gasteiger partial charge in [0.05, 0.1) is 5.69 Å². The normalized spacial score (nSPS) is 11.5. The van der Waals surface area contributed by atoms with E-state index in [-0.39, 0.29) is 11.4 Å². The highest BCUT2D eigenvalue weighted by atomic mass is 79.9. The van der Waals surface area contributed by atoms with Crippen molar-refractivity contribution in [3.63, 3.8) is 0 Å². The smallest absolute Gasteiger partial charge is 0.404 e. The van der Waals surface area contributed by atoms with Crippen LogP contribution in [0.3, 0.4) is 0 Å². The molecule has 0 spiro atoms. The van der Waals surface area contributed by atoms with Crippen LogP contribution in [0, 0.1) is 6.92 Å². The number of ether oxygens (including phenoxy) is 1. The standard InChI is InChI=1S/C8H7BrF3NO/c1-5-7(14-8(10,11)12)2-6(3-9)4-13-5/h2,4H,3H2,1H3. The van der Waals surface area contributed by atoms with E-state index in [1.54, 1.807) is 0 Å². The van der Waals surface area contributed by atoms with Crippen LogP contribution in [0.5, 0.6) is 5.75 Å². The summed E-state index contributed by atoms with van der Waals surface area (Å²) in [6.45, 7) is 1.46. The van der Waals surface area contributed by atoms with E-state index in [2.05, 4.69) is 25.7 Å². The Morgan fingerprint density at radius 1 is 1.50 bits per heavy atom. The van der Waals surface area contributed by atoms with E-state index in [0.717, 1.165) is 0 Å². The fourth-order valence-corrected chi connectivity index (χ4v) is 1.16. The molecule has 0 aliphatic heterocycles. The van der Waals surface area contributed by atoms with Gasteiger partial charge in [0.15, 0.2) is 5.75 Å². The summed E-state index contributed by atoms with van der Waals surface area (Å²) in [4.78, 5) is 3.78. The summed E-state index contributed by atoms with van der Waals surface area (Å²) in [5.41, 5.74) is 0.849. The van der Waals surface area contributed by atoms with E-state index in [9.17, 15) is 13.2 Å². The SMILES string of the molecule is Cc1ncc(CBr)cc1OC(F)(F)F. The molecule has 0 aliphatic carbocycles. The number of hydrogen-bond donors (Lipinski definition) is 0. The molecule has 0 aromatic carbocycles. The molecule has 1 aromatic rings. The van der Waals surface area contributed by atoms with Crippen molar-refractivity contribution in [3.05, 3.63) is 23.5 Å². The van der Waals surface area contributed by atoms with Gasteiger partial charge >= 0.3 is 6.36 Å². The average Bonchev–Trinajstić information content (AvgIpc) is 2.06. The second-order valence-electron chi connectivity index (χ2n) is 2.61. The third-order valence-electron chi connectivity index (χ3n) is 1.48. The molecule has 1 aromatic heterocycles. The molecule has 0 fully saturated rings. The maximum absolute atomic E-state index is 11.9. The number of halogens is 4. The maximum Gasteiger partial charge on any atom is 0.573 e. The molecule has 1 rings (SSSR count). The summed E-state index contributed by atoms with van der Waals surface area (Å²) in [7, 11) is 0. The minimum Gasteiger partial charge on any atom is -0.404 e. The van der Waals surface area contributed by atoms with Crippen LogP contribution in [0.4, 0.5) is 13.2 Å². The molecular formula is C8H7BrF3NO. The molecule has 0 bridgehead atoms. The molecule has 78 valence electrons. The highest BCUT2D eigenvalue weighted by Crippen LogP contribution is 2.26. The van der Waals surface area contributed by atoms with Crippen LogP contribution in [0.15, 0.2) is 12.3 Å². The van der Waals surface area contributed by atoms with Gasteiger partial charge in [0.2, 0.25) is 0 Å². The van der Waals surface area contributed by atoms with Crippen LogP contribution in [0.1, 0.15) is 11.3 Å². The first-order valence-electron chi connectivity index (χ1n) is 3.69. The van der Waals surface area contributed by atoms with Gasteiger partial charge in [0, 0.05) is 11.5 Å². The van der Waals surface area contributed by atoms with Gasteiger partial charge in [-0.3, -0.25) is 4.98 Å². The zero-order valence-corrected chi connectivity index (χ0v) is 8.82. The van der Waals surface area contributed by atoms with Gasteiger partial charge in [0.1, 0.15) is 0 Å². The summed E-state index contributed by atoms with van der Waals surface area (Å²) in [5, 5.41) is 0.439.